The van der Waals surface area contributed by atoms with Gasteiger partial charge in [-0.05, 0) is 54.3 Å². The van der Waals surface area contributed by atoms with Crippen LogP contribution in [0.2, 0.25) is 0 Å². The number of carbonyl (C=O) groups excluding carboxylic acids is 2. The van der Waals surface area contributed by atoms with Gasteiger partial charge in [-0.15, -0.1) is 0 Å². The summed E-state index contributed by atoms with van der Waals surface area (Å²) in [6.45, 7) is 5.68. The third-order valence-corrected chi connectivity index (χ3v) is 4.55. The molecule has 1 aliphatic rings. The average molecular weight is 374 g/mol. The predicted molar refractivity (Wildman–Crippen MR) is 92.2 cm³/mol. The van der Waals surface area contributed by atoms with Crippen LogP contribution in [-0.4, -0.2) is 16.9 Å². The van der Waals surface area contributed by atoms with Crippen molar-refractivity contribution < 1.29 is 14.7 Å². The highest BCUT2D eigenvalue weighted by Crippen LogP contribution is 2.37. The molecule has 3 rings (SSSR count). The number of amides is 2. The first-order chi connectivity index (χ1) is 10.8. The summed E-state index contributed by atoms with van der Waals surface area (Å²) in [4.78, 5) is 26.6. The Morgan fingerprint density at radius 1 is 1.04 bits per heavy atom. The Hall–Kier alpha value is -2.14. The Bertz CT molecular complexity index is 842. The van der Waals surface area contributed by atoms with Crippen molar-refractivity contribution in [1.29, 1.82) is 0 Å². The number of anilines is 1. The minimum Gasteiger partial charge on any atom is -0.508 e. The fourth-order valence-electron chi connectivity index (χ4n) is 2.83. The molecule has 2 aromatic rings. The Morgan fingerprint density at radius 2 is 1.70 bits per heavy atom. The zero-order valence-electron chi connectivity index (χ0n) is 13.1. The fourth-order valence-corrected chi connectivity index (χ4v) is 3.19. The molecule has 118 valence electrons. The number of phenols is 1. The number of aromatic hydroxyl groups is 1. The maximum absolute atomic E-state index is 12.7. The molecule has 5 heteroatoms. The average Bonchev–Trinajstić information content (AvgIpc) is 2.71. The van der Waals surface area contributed by atoms with Gasteiger partial charge in [-0.2, -0.15) is 0 Å². The van der Waals surface area contributed by atoms with E-state index < -0.39 is 0 Å². The lowest BCUT2D eigenvalue weighted by molar-refractivity contribution is 0.0926. The Labute approximate surface area is 142 Å². The smallest absolute Gasteiger partial charge is 0.266 e. The summed E-state index contributed by atoms with van der Waals surface area (Å²) in [5, 5.41) is 10.1. The number of phenolic OH excluding ortho intramolecular Hbond substituents is 1. The third-order valence-electron chi connectivity index (χ3n) is 4.06. The summed E-state index contributed by atoms with van der Waals surface area (Å²) in [6, 6.07) is 8.39. The lowest BCUT2D eigenvalue weighted by Gasteiger charge is -2.20. The van der Waals surface area contributed by atoms with Crippen LogP contribution in [0.25, 0.3) is 0 Å². The van der Waals surface area contributed by atoms with E-state index in [1.165, 1.54) is 4.90 Å². The van der Waals surface area contributed by atoms with Crippen LogP contribution in [0, 0.1) is 6.92 Å². The van der Waals surface area contributed by atoms with Crippen molar-refractivity contribution in [1.82, 2.24) is 0 Å². The largest absolute Gasteiger partial charge is 0.508 e. The maximum Gasteiger partial charge on any atom is 0.266 e. The molecule has 0 aromatic heterocycles. The van der Waals surface area contributed by atoms with Gasteiger partial charge in [0.2, 0.25) is 0 Å². The van der Waals surface area contributed by atoms with E-state index in [0.717, 1.165) is 4.47 Å². The molecule has 2 aromatic carbocycles. The molecule has 1 aliphatic heterocycles. The first kappa shape index (κ1) is 15.7. The molecule has 0 bridgehead atoms. The first-order valence-corrected chi connectivity index (χ1v) is 8.12. The van der Waals surface area contributed by atoms with Gasteiger partial charge in [0.25, 0.3) is 11.8 Å². The van der Waals surface area contributed by atoms with Crippen molar-refractivity contribution in [2.24, 2.45) is 0 Å². The van der Waals surface area contributed by atoms with Crippen LogP contribution in [0.4, 0.5) is 5.69 Å². The van der Waals surface area contributed by atoms with E-state index in [9.17, 15) is 14.7 Å². The molecule has 23 heavy (non-hydrogen) atoms. The Morgan fingerprint density at radius 3 is 2.35 bits per heavy atom. The van der Waals surface area contributed by atoms with Crippen molar-refractivity contribution in [2.45, 2.75) is 26.7 Å². The molecule has 0 radical (unpaired) electrons. The van der Waals surface area contributed by atoms with Crippen LogP contribution < -0.4 is 4.90 Å². The molecule has 0 saturated carbocycles. The number of rotatable bonds is 2. The second kappa shape index (κ2) is 5.49. The van der Waals surface area contributed by atoms with Crippen LogP contribution >= 0.6 is 15.9 Å². The number of benzene rings is 2. The highest BCUT2D eigenvalue weighted by Gasteiger charge is 2.37. The standard InChI is InChI=1S/C18H16BrNO3/c1-9(2)13-8-15(10(3)6-16(13)21)20-17(22)12-5-4-11(19)7-14(12)18(20)23/h4-9,21H,1-3H3. The van der Waals surface area contributed by atoms with Crippen LogP contribution in [0.3, 0.4) is 0 Å². The van der Waals surface area contributed by atoms with Crippen molar-refractivity contribution in [3.63, 3.8) is 0 Å². The van der Waals surface area contributed by atoms with Gasteiger partial charge in [0.05, 0.1) is 16.8 Å². The molecule has 0 unspecified atom stereocenters. The van der Waals surface area contributed by atoms with Crippen LogP contribution in [-0.2, 0) is 0 Å². The molecular formula is C18H16BrNO3. The molecule has 0 spiro atoms. The highest BCUT2D eigenvalue weighted by molar-refractivity contribution is 9.10. The molecule has 0 saturated heterocycles. The summed E-state index contributed by atoms with van der Waals surface area (Å²) in [6.07, 6.45) is 0. The van der Waals surface area contributed by atoms with Gasteiger partial charge in [-0.3, -0.25) is 9.59 Å². The monoisotopic (exact) mass is 373 g/mol. The SMILES string of the molecule is Cc1cc(O)c(C(C)C)cc1N1C(=O)c2ccc(Br)cc2C1=O. The normalized spacial score (nSPS) is 13.9. The van der Waals surface area contributed by atoms with E-state index in [1.807, 2.05) is 13.8 Å². The molecule has 0 aliphatic carbocycles. The molecular weight excluding hydrogens is 358 g/mol. The Balaban J connectivity index is 2.16. The third kappa shape index (κ3) is 2.45. The maximum atomic E-state index is 12.7. The van der Waals surface area contributed by atoms with Gasteiger partial charge in [0.1, 0.15) is 5.75 Å². The zero-order chi connectivity index (χ0) is 16.9. The molecule has 4 nitrogen and oxygen atoms in total. The van der Waals surface area contributed by atoms with Crippen LogP contribution in [0.15, 0.2) is 34.8 Å². The quantitative estimate of drug-likeness (QED) is 0.794. The van der Waals surface area contributed by atoms with E-state index in [1.54, 1.807) is 37.3 Å². The van der Waals surface area contributed by atoms with Gasteiger partial charge in [0, 0.05) is 4.47 Å². The number of hydrogen-bond donors (Lipinski definition) is 1. The first-order valence-electron chi connectivity index (χ1n) is 7.33. The lowest BCUT2D eigenvalue weighted by Crippen LogP contribution is -2.30. The fraction of sp³-hybridized carbons (Fsp3) is 0.222. The van der Waals surface area contributed by atoms with Gasteiger partial charge in [0.15, 0.2) is 0 Å². The molecule has 0 atom stereocenters. The van der Waals surface area contributed by atoms with Gasteiger partial charge in [-0.25, -0.2) is 4.90 Å². The van der Waals surface area contributed by atoms with Crippen LogP contribution in [0.1, 0.15) is 51.6 Å². The van der Waals surface area contributed by atoms with Crippen molar-refractivity contribution in [2.75, 3.05) is 4.90 Å². The number of carbonyl (C=O) groups is 2. The molecule has 0 fully saturated rings. The minimum absolute atomic E-state index is 0.0821. The van der Waals surface area contributed by atoms with Crippen LogP contribution in [0.5, 0.6) is 5.75 Å². The van der Waals surface area contributed by atoms with Gasteiger partial charge < -0.3 is 5.11 Å². The van der Waals surface area contributed by atoms with Crippen molar-refractivity contribution in [3.8, 4) is 5.75 Å². The number of nitrogens with zero attached hydrogens (tertiary/aromatic N) is 1. The van der Waals surface area contributed by atoms with Crippen molar-refractivity contribution >= 4 is 33.4 Å². The number of hydrogen-bond acceptors (Lipinski definition) is 3. The summed E-state index contributed by atoms with van der Waals surface area (Å²) < 4.78 is 0.754. The van der Waals surface area contributed by atoms with E-state index in [0.29, 0.717) is 27.9 Å². The summed E-state index contributed by atoms with van der Waals surface area (Å²) in [5.41, 5.74) is 2.71. The summed E-state index contributed by atoms with van der Waals surface area (Å²) in [7, 11) is 0. The minimum atomic E-state index is -0.338. The number of halogens is 1. The van der Waals surface area contributed by atoms with E-state index in [-0.39, 0.29) is 23.5 Å². The zero-order valence-corrected chi connectivity index (χ0v) is 14.6. The summed E-state index contributed by atoms with van der Waals surface area (Å²) >= 11 is 3.33. The second-order valence-corrected chi connectivity index (χ2v) is 6.90. The highest BCUT2D eigenvalue weighted by atomic mass is 79.9. The lowest BCUT2D eigenvalue weighted by atomic mass is 9.98. The van der Waals surface area contributed by atoms with Crippen molar-refractivity contribution in [3.05, 3.63) is 57.1 Å². The second-order valence-electron chi connectivity index (χ2n) is 5.99. The Kier molecular flexibility index (Phi) is 3.76. The molecule has 1 N–H and O–H groups in total. The van der Waals surface area contributed by atoms with E-state index in [4.69, 9.17) is 0 Å². The summed E-state index contributed by atoms with van der Waals surface area (Å²) in [5.74, 6) is -0.407. The van der Waals surface area contributed by atoms with Gasteiger partial charge in [-0.1, -0.05) is 29.8 Å². The number of imide groups is 1. The predicted octanol–water partition coefficient (Wildman–Crippen LogP) is 4.39. The number of aryl methyl sites for hydroxylation is 1. The number of fused-ring (bicyclic) bond motifs is 1. The topological polar surface area (TPSA) is 57.6 Å². The van der Waals surface area contributed by atoms with E-state index in [2.05, 4.69) is 15.9 Å². The van der Waals surface area contributed by atoms with Gasteiger partial charge >= 0.3 is 0 Å². The molecule has 1 heterocycles. The van der Waals surface area contributed by atoms with E-state index >= 15 is 0 Å². The molecule has 2 amide bonds.